The fourth-order valence-corrected chi connectivity index (χ4v) is 4.95. The fraction of sp³-hybridized carbons (Fsp3) is 0.267. The number of para-hydroxylation sites is 1. The molecule has 3 aromatic rings. The highest BCUT2D eigenvalue weighted by Gasteiger charge is 2.26. The number of carbonyl (C=O) groups is 2. The molecule has 0 spiro atoms. The summed E-state index contributed by atoms with van der Waals surface area (Å²) in [6, 6.07) is 22.4. The average molecular weight is 527 g/mol. The number of nitrogens with one attached hydrogen (secondary N) is 1. The molecule has 0 bridgehead atoms. The summed E-state index contributed by atoms with van der Waals surface area (Å²) in [7, 11) is 0. The van der Waals surface area contributed by atoms with Crippen LogP contribution in [-0.4, -0.2) is 47.2 Å². The molecule has 9 heteroatoms. The van der Waals surface area contributed by atoms with Crippen LogP contribution < -0.4 is 10.2 Å². The molecule has 0 saturated carbocycles. The third-order valence-electron chi connectivity index (χ3n) is 6.92. The Bertz CT molecular complexity index is 1380. The van der Waals surface area contributed by atoms with Crippen LogP contribution in [0.5, 0.6) is 0 Å². The van der Waals surface area contributed by atoms with Crippen LogP contribution >= 0.6 is 0 Å². The number of carbonyl (C=O) groups excluding carboxylic acids is 3. The zero-order chi connectivity index (χ0) is 27.8. The Labute approximate surface area is 226 Å². The van der Waals surface area contributed by atoms with Gasteiger partial charge in [0.05, 0.1) is 4.92 Å². The van der Waals surface area contributed by atoms with Crippen LogP contribution in [0.1, 0.15) is 48.0 Å². The quantitative estimate of drug-likeness (QED) is 0.233. The lowest BCUT2D eigenvalue weighted by atomic mass is 9.88. The van der Waals surface area contributed by atoms with E-state index in [2.05, 4.69) is 11.3 Å². The van der Waals surface area contributed by atoms with Gasteiger partial charge in [-0.25, -0.2) is 4.79 Å². The number of benzene rings is 3. The number of hydrogen-bond donors (Lipinski definition) is 1. The van der Waals surface area contributed by atoms with Gasteiger partial charge in [0.2, 0.25) is 5.91 Å². The Morgan fingerprint density at radius 2 is 1.64 bits per heavy atom. The van der Waals surface area contributed by atoms with Gasteiger partial charge in [0, 0.05) is 62.0 Å². The molecule has 9 nitrogen and oxygen atoms in total. The molecule has 0 atom stereocenters. The number of piperidine rings is 1. The summed E-state index contributed by atoms with van der Waals surface area (Å²) in [5, 5.41) is 14.0. The summed E-state index contributed by atoms with van der Waals surface area (Å²) in [5.41, 5.74) is 3.30. The van der Waals surface area contributed by atoms with Crippen LogP contribution in [0.4, 0.5) is 17.1 Å². The van der Waals surface area contributed by atoms with Gasteiger partial charge < -0.3 is 15.1 Å². The maximum absolute atomic E-state index is 13.4. The van der Waals surface area contributed by atoms with Crippen molar-refractivity contribution in [2.24, 2.45) is 0 Å². The number of nitrogens with zero attached hydrogens (tertiary/aromatic N) is 3. The summed E-state index contributed by atoms with van der Waals surface area (Å²) >= 11 is 0. The summed E-state index contributed by atoms with van der Waals surface area (Å²) in [6.07, 6.45) is 1.89. The smallest absolute Gasteiger partial charge is 0.269 e. The van der Waals surface area contributed by atoms with Crippen molar-refractivity contribution in [3.05, 3.63) is 106 Å². The van der Waals surface area contributed by atoms with Crippen LogP contribution in [0, 0.1) is 10.1 Å². The van der Waals surface area contributed by atoms with Crippen molar-refractivity contribution in [3.8, 4) is 0 Å². The van der Waals surface area contributed by atoms with Gasteiger partial charge in [-0.2, -0.15) is 0 Å². The van der Waals surface area contributed by atoms with Crippen molar-refractivity contribution in [2.45, 2.75) is 32.1 Å². The molecule has 0 radical (unpaired) electrons. The molecule has 4 rings (SSSR count). The van der Waals surface area contributed by atoms with Crippen molar-refractivity contribution in [1.29, 1.82) is 0 Å². The zero-order valence-corrected chi connectivity index (χ0v) is 21.7. The largest absolute Gasteiger partial charge is 0.366 e. The topological polar surface area (TPSA) is 113 Å². The number of non-ortho nitro benzene ring substituents is 1. The Morgan fingerprint density at radius 1 is 1.00 bits per heavy atom. The lowest BCUT2D eigenvalue weighted by Crippen LogP contribution is -2.36. The van der Waals surface area contributed by atoms with Gasteiger partial charge >= 0.3 is 0 Å². The lowest BCUT2D eigenvalue weighted by molar-refractivity contribution is -0.384. The van der Waals surface area contributed by atoms with E-state index in [0.29, 0.717) is 30.0 Å². The molecule has 0 unspecified atom stereocenters. The minimum absolute atomic E-state index is 0.0673. The van der Waals surface area contributed by atoms with Crippen molar-refractivity contribution < 1.29 is 19.3 Å². The molecule has 3 aromatic carbocycles. The minimum Gasteiger partial charge on any atom is -0.366 e. The standard InChI is InChI=1S/C30H30N4O5/c1-22(36)31-29-10-6-5-9-28(29)23-15-18-32(19-16-23)27(21-35)17-20-33(30(37)24-7-3-2-4-8-24)25-11-13-26(14-12-25)34(38)39/h2-14,23H,15-20H2,1H3,(H,31,36). The lowest BCUT2D eigenvalue weighted by Gasteiger charge is -2.35. The van der Waals surface area contributed by atoms with E-state index in [9.17, 15) is 24.5 Å². The first-order valence-electron chi connectivity index (χ1n) is 12.8. The van der Waals surface area contributed by atoms with Crippen molar-refractivity contribution >= 4 is 34.8 Å². The highest BCUT2D eigenvalue weighted by atomic mass is 16.6. The SMILES string of the molecule is CC(=O)Nc1ccccc1C1CCN(C(=C=O)CCN(C(=O)c2ccccc2)c2ccc([N+](=O)[O-])cc2)CC1. The van der Waals surface area contributed by atoms with Crippen molar-refractivity contribution in [2.75, 3.05) is 29.9 Å². The van der Waals surface area contributed by atoms with Crippen LogP contribution in [0.2, 0.25) is 0 Å². The molecule has 200 valence electrons. The van der Waals surface area contributed by atoms with Crippen molar-refractivity contribution in [1.82, 2.24) is 4.90 Å². The van der Waals surface area contributed by atoms with Gasteiger partial charge in [-0.15, -0.1) is 0 Å². The number of likely N-dealkylation sites (tertiary alicyclic amines) is 1. The molecule has 1 aliphatic rings. The maximum atomic E-state index is 13.4. The van der Waals surface area contributed by atoms with Crippen LogP contribution in [0.15, 0.2) is 84.6 Å². The number of nitro groups is 1. The van der Waals surface area contributed by atoms with E-state index in [1.807, 2.05) is 35.2 Å². The van der Waals surface area contributed by atoms with Gasteiger partial charge in [-0.05, 0) is 54.7 Å². The predicted octanol–water partition coefficient (Wildman–Crippen LogP) is 5.19. The first-order chi connectivity index (χ1) is 18.9. The van der Waals surface area contributed by atoms with E-state index in [1.54, 1.807) is 36.4 Å². The second-order valence-corrected chi connectivity index (χ2v) is 9.42. The van der Waals surface area contributed by atoms with E-state index >= 15 is 0 Å². The zero-order valence-electron chi connectivity index (χ0n) is 21.7. The van der Waals surface area contributed by atoms with Crippen LogP contribution in [0.3, 0.4) is 0 Å². The summed E-state index contributed by atoms with van der Waals surface area (Å²) < 4.78 is 0. The average Bonchev–Trinajstić information content (AvgIpc) is 2.96. The van der Waals surface area contributed by atoms with E-state index in [-0.39, 0.29) is 36.4 Å². The number of anilines is 2. The second-order valence-electron chi connectivity index (χ2n) is 9.42. The Morgan fingerprint density at radius 3 is 2.26 bits per heavy atom. The highest BCUT2D eigenvalue weighted by molar-refractivity contribution is 6.06. The molecule has 1 aliphatic heterocycles. The van der Waals surface area contributed by atoms with Gasteiger partial charge in [0.1, 0.15) is 11.6 Å². The van der Waals surface area contributed by atoms with Gasteiger partial charge in [0.15, 0.2) is 0 Å². The summed E-state index contributed by atoms with van der Waals surface area (Å²) in [6.45, 7) is 2.99. The third-order valence-corrected chi connectivity index (χ3v) is 6.92. The number of hydrogen-bond acceptors (Lipinski definition) is 6. The summed E-state index contributed by atoms with van der Waals surface area (Å²) in [4.78, 5) is 51.2. The van der Waals surface area contributed by atoms with Gasteiger partial charge in [-0.1, -0.05) is 36.4 Å². The van der Waals surface area contributed by atoms with E-state index in [4.69, 9.17) is 0 Å². The summed E-state index contributed by atoms with van der Waals surface area (Å²) in [5.74, 6) is 1.95. The number of rotatable bonds is 9. The van der Waals surface area contributed by atoms with Crippen LogP contribution in [-0.2, 0) is 9.59 Å². The number of amides is 2. The van der Waals surface area contributed by atoms with Crippen LogP contribution in [0.25, 0.3) is 0 Å². The Kier molecular flexibility index (Phi) is 8.86. The molecule has 39 heavy (non-hydrogen) atoms. The predicted molar refractivity (Wildman–Crippen MR) is 149 cm³/mol. The Balaban J connectivity index is 1.46. The molecular formula is C30H30N4O5. The van der Waals surface area contributed by atoms with E-state index in [0.717, 1.165) is 24.1 Å². The molecule has 0 aliphatic carbocycles. The first kappa shape index (κ1) is 27.3. The molecule has 2 amide bonds. The minimum atomic E-state index is -0.488. The second kappa shape index (κ2) is 12.7. The fourth-order valence-electron chi connectivity index (χ4n) is 4.95. The third kappa shape index (κ3) is 6.77. The van der Waals surface area contributed by atoms with Gasteiger partial charge in [0.25, 0.3) is 11.6 Å². The normalized spacial score (nSPS) is 13.3. The molecule has 1 N–H and O–H groups in total. The first-order valence-corrected chi connectivity index (χ1v) is 12.8. The molecule has 1 saturated heterocycles. The maximum Gasteiger partial charge on any atom is 0.269 e. The highest BCUT2D eigenvalue weighted by Crippen LogP contribution is 2.34. The van der Waals surface area contributed by atoms with E-state index < -0.39 is 4.92 Å². The number of nitro benzene ring substituents is 1. The monoisotopic (exact) mass is 526 g/mol. The molecule has 0 aromatic heterocycles. The van der Waals surface area contributed by atoms with E-state index in [1.165, 1.54) is 24.0 Å². The molecule has 1 heterocycles. The van der Waals surface area contributed by atoms with Crippen molar-refractivity contribution in [3.63, 3.8) is 0 Å². The molecular weight excluding hydrogens is 496 g/mol. The Hall–Kier alpha value is -4.75. The van der Waals surface area contributed by atoms with Gasteiger partial charge in [-0.3, -0.25) is 19.7 Å². The molecule has 1 fully saturated rings.